The van der Waals surface area contributed by atoms with Crippen molar-refractivity contribution in [1.29, 1.82) is 0 Å². The van der Waals surface area contributed by atoms with E-state index in [1.54, 1.807) is 21.3 Å². The molecule has 4 nitrogen and oxygen atoms in total. The van der Waals surface area contributed by atoms with Crippen LogP contribution in [0.15, 0.2) is 12.1 Å². The molecule has 0 aliphatic rings. The van der Waals surface area contributed by atoms with Crippen molar-refractivity contribution >= 4 is 0 Å². The minimum Gasteiger partial charge on any atom is -0.496 e. The van der Waals surface area contributed by atoms with Gasteiger partial charge in [-0.05, 0) is 18.1 Å². The van der Waals surface area contributed by atoms with Crippen LogP contribution in [0.2, 0.25) is 0 Å². The van der Waals surface area contributed by atoms with Crippen LogP contribution in [0.5, 0.6) is 11.5 Å². The van der Waals surface area contributed by atoms with E-state index in [0.29, 0.717) is 13.0 Å². The van der Waals surface area contributed by atoms with E-state index >= 15 is 0 Å². The molecule has 0 bridgehead atoms. The molecule has 16 heavy (non-hydrogen) atoms. The number of benzene rings is 1. The van der Waals surface area contributed by atoms with Crippen LogP contribution in [0.3, 0.4) is 0 Å². The van der Waals surface area contributed by atoms with Crippen molar-refractivity contribution in [1.82, 2.24) is 0 Å². The Labute approximate surface area is 95.8 Å². The standard InChI is InChI=1S/C12H18O4/c1-14-8-10-11(15-2)5-4-9(6-7-13)12(10)16-3/h4-5,13H,6-8H2,1-3H3. The highest BCUT2D eigenvalue weighted by molar-refractivity contribution is 5.50. The fourth-order valence-corrected chi connectivity index (χ4v) is 1.70. The zero-order valence-corrected chi connectivity index (χ0v) is 9.95. The number of ether oxygens (including phenoxy) is 3. The summed E-state index contributed by atoms with van der Waals surface area (Å²) in [6.45, 7) is 0.515. The Morgan fingerprint density at radius 3 is 2.38 bits per heavy atom. The first-order valence-electron chi connectivity index (χ1n) is 5.11. The van der Waals surface area contributed by atoms with Gasteiger partial charge in [0.15, 0.2) is 0 Å². The molecule has 0 heterocycles. The average Bonchev–Trinajstić information content (AvgIpc) is 2.30. The molecule has 1 aromatic carbocycles. The lowest BCUT2D eigenvalue weighted by molar-refractivity contribution is 0.177. The minimum absolute atomic E-state index is 0.0924. The number of hydrogen-bond donors (Lipinski definition) is 1. The van der Waals surface area contributed by atoms with E-state index in [1.165, 1.54) is 0 Å². The first-order chi connectivity index (χ1) is 7.78. The molecule has 0 aliphatic heterocycles. The van der Waals surface area contributed by atoms with Gasteiger partial charge in [-0.1, -0.05) is 6.07 Å². The predicted molar refractivity (Wildman–Crippen MR) is 61.0 cm³/mol. The Bertz CT molecular complexity index is 336. The summed E-state index contributed by atoms with van der Waals surface area (Å²) in [5, 5.41) is 8.97. The molecule has 0 unspecified atom stereocenters. The van der Waals surface area contributed by atoms with E-state index in [4.69, 9.17) is 19.3 Å². The molecule has 1 aromatic rings. The summed E-state index contributed by atoms with van der Waals surface area (Å²) in [7, 11) is 4.84. The lowest BCUT2D eigenvalue weighted by Crippen LogP contribution is -2.03. The molecule has 0 aromatic heterocycles. The average molecular weight is 226 g/mol. The third-order valence-electron chi connectivity index (χ3n) is 2.39. The topological polar surface area (TPSA) is 47.9 Å². The minimum atomic E-state index is 0.0924. The Kier molecular flexibility index (Phi) is 5.08. The summed E-state index contributed by atoms with van der Waals surface area (Å²) < 4.78 is 15.7. The summed E-state index contributed by atoms with van der Waals surface area (Å²) in [5.41, 5.74) is 1.83. The maximum absolute atomic E-state index is 8.97. The van der Waals surface area contributed by atoms with Gasteiger partial charge in [0.05, 0.1) is 26.4 Å². The molecule has 1 rings (SSSR count). The van der Waals surface area contributed by atoms with Gasteiger partial charge in [-0.25, -0.2) is 0 Å². The fourth-order valence-electron chi connectivity index (χ4n) is 1.70. The van der Waals surface area contributed by atoms with Crippen molar-refractivity contribution in [3.8, 4) is 11.5 Å². The normalized spacial score (nSPS) is 10.2. The second-order valence-corrected chi connectivity index (χ2v) is 3.35. The molecule has 0 saturated carbocycles. The van der Waals surface area contributed by atoms with Gasteiger partial charge in [0, 0.05) is 13.7 Å². The lowest BCUT2D eigenvalue weighted by Gasteiger charge is -2.16. The zero-order valence-electron chi connectivity index (χ0n) is 9.95. The number of aliphatic hydroxyl groups excluding tert-OH is 1. The fraction of sp³-hybridized carbons (Fsp3) is 0.500. The molecule has 0 aliphatic carbocycles. The van der Waals surface area contributed by atoms with E-state index in [9.17, 15) is 0 Å². The van der Waals surface area contributed by atoms with E-state index < -0.39 is 0 Å². The van der Waals surface area contributed by atoms with Gasteiger partial charge in [-0.3, -0.25) is 0 Å². The van der Waals surface area contributed by atoms with Crippen molar-refractivity contribution in [2.24, 2.45) is 0 Å². The van der Waals surface area contributed by atoms with Gasteiger partial charge in [0.25, 0.3) is 0 Å². The van der Waals surface area contributed by atoms with Crippen LogP contribution >= 0.6 is 0 Å². The quantitative estimate of drug-likeness (QED) is 0.796. The summed E-state index contributed by atoms with van der Waals surface area (Å²) in [5.74, 6) is 1.47. The monoisotopic (exact) mass is 226 g/mol. The molecule has 1 N–H and O–H groups in total. The van der Waals surface area contributed by atoms with Gasteiger partial charge < -0.3 is 19.3 Å². The Hall–Kier alpha value is -1.26. The van der Waals surface area contributed by atoms with Gasteiger partial charge in [0.2, 0.25) is 0 Å². The molecule has 90 valence electrons. The van der Waals surface area contributed by atoms with Crippen molar-refractivity contribution in [3.63, 3.8) is 0 Å². The third kappa shape index (κ3) is 2.65. The summed E-state index contributed by atoms with van der Waals surface area (Å²) in [6.07, 6.45) is 0.559. The molecule has 0 fully saturated rings. The van der Waals surface area contributed by atoms with Crippen molar-refractivity contribution in [2.75, 3.05) is 27.9 Å². The van der Waals surface area contributed by atoms with Crippen LogP contribution in [-0.2, 0) is 17.8 Å². The van der Waals surface area contributed by atoms with Crippen LogP contribution in [-0.4, -0.2) is 33.0 Å². The van der Waals surface area contributed by atoms with E-state index in [0.717, 1.165) is 22.6 Å². The van der Waals surface area contributed by atoms with Crippen LogP contribution in [0, 0.1) is 0 Å². The Morgan fingerprint density at radius 1 is 1.12 bits per heavy atom. The summed E-state index contributed by atoms with van der Waals surface area (Å²) >= 11 is 0. The molecule has 0 atom stereocenters. The number of methoxy groups -OCH3 is 3. The highest BCUT2D eigenvalue weighted by Gasteiger charge is 2.14. The van der Waals surface area contributed by atoms with Crippen molar-refractivity contribution in [3.05, 3.63) is 23.3 Å². The SMILES string of the molecule is COCc1c(OC)ccc(CCO)c1OC. The lowest BCUT2D eigenvalue weighted by atomic mass is 10.1. The second-order valence-electron chi connectivity index (χ2n) is 3.35. The van der Waals surface area contributed by atoms with Gasteiger partial charge in [0.1, 0.15) is 11.5 Å². The molecule has 0 radical (unpaired) electrons. The van der Waals surface area contributed by atoms with E-state index in [1.807, 2.05) is 12.1 Å². The highest BCUT2D eigenvalue weighted by atomic mass is 16.5. The van der Waals surface area contributed by atoms with E-state index in [-0.39, 0.29) is 6.61 Å². The zero-order chi connectivity index (χ0) is 12.0. The Balaban J connectivity index is 3.19. The largest absolute Gasteiger partial charge is 0.496 e. The third-order valence-corrected chi connectivity index (χ3v) is 2.39. The summed E-state index contributed by atoms with van der Waals surface area (Å²) in [4.78, 5) is 0. The van der Waals surface area contributed by atoms with Crippen LogP contribution in [0.1, 0.15) is 11.1 Å². The first kappa shape index (κ1) is 12.8. The van der Waals surface area contributed by atoms with Crippen molar-refractivity contribution in [2.45, 2.75) is 13.0 Å². The predicted octanol–water partition coefficient (Wildman–Crippen LogP) is 1.39. The van der Waals surface area contributed by atoms with Gasteiger partial charge in [-0.15, -0.1) is 0 Å². The maximum atomic E-state index is 8.97. The van der Waals surface area contributed by atoms with Gasteiger partial charge in [-0.2, -0.15) is 0 Å². The van der Waals surface area contributed by atoms with Crippen molar-refractivity contribution < 1.29 is 19.3 Å². The maximum Gasteiger partial charge on any atom is 0.131 e. The van der Waals surface area contributed by atoms with E-state index in [2.05, 4.69) is 0 Å². The number of hydrogen-bond acceptors (Lipinski definition) is 4. The molecule has 4 heteroatoms. The smallest absolute Gasteiger partial charge is 0.131 e. The van der Waals surface area contributed by atoms with Crippen LogP contribution < -0.4 is 9.47 Å². The second kappa shape index (κ2) is 6.35. The molecule has 0 saturated heterocycles. The van der Waals surface area contributed by atoms with Crippen LogP contribution in [0.25, 0.3) is 0 Å². The van der Waals surface area contributed by atoms with Gasteiger partial charge >= 0.3 is 0 Å². The number of aliphatic hydroxyl groups is 1. The Morgan fingerprint density at radius 2 is 1.88 bits per heavy atom. The highest BCUT2D eigenvalue weighted by Crippen LogP contribution is 2.33. The molecule has 0 amide bonds. The molecular weight excluding hydrogens is 208 g/mol. The molecule has 0 spiro atoms. The first-order valence-corrected chi connectivity index (χ1v) is 5.11. The summed E-state index contributed by atoms with van der Waals surface area (Å²) in [6, 6.07) is 3.76. The number of rotatable bonds is 6. The molecular formula is C12H18O4. The van der Waals surface area contributed by atoms with Crippen LogP contribution in [0.4, 0.5) is 0 Å².